The van der Waals surface area contributed by atoms with Gasteiger partial charge in [0.25, 0.3) is 0 Å². The number of pyridine rings is 2. The summed E-state index contributed by atoms with van der Waals surface area (Å²) in [7, 11) is 0. The number of nitrogens with zero attached hydrogens (tertiary/aromatic N) is 2. The summed E-state index contributed by atoms with van der Waals surface area (Å²) in [6, 6.07) is 15.4. The number of aromatic amines is 2. The summed E-state index contributed by atoms with van der Waals surface area (Å²) < 4.78 is 13.5. The molecule has 6 nitrogen and oxygen atoms in total. The standard InChI is InChI=1S/C22H12ClFN4O2/c23-15-10-13(9-12-3-7-17(29)26-19(12)15)21-20(11-1-4-14(24)5-2-11)28-22-16(25-21)6-8-18(30)27-22/h1-10H,(H,26,29)(H,27,28,30). The van der Waals surface area contributed by atoms with Gasteiger partial charge in [0, 0.05) is 28.6 Å². The fourth-order valence-electron chi connectivity index (χ4n) is 3.34. The quantitative estimate of drug-likeness (QED) is 0.447. The molecule has 3 heterocycles. The van der Waals surface area contributed by atoms with Crippen LogP contribution in [0.25, 0.3) is 44.6 Å². The molecule has 0 aliphatic rings. The Hall–Kier alpha value is -3.84. The van der Waals surface area contributed by atoms with Crippen molar-refractivity contribution in [2.75, 3.05) is 0 Å². The lowest BCUT2D eigenvalue weighted by molar-refractivity contribution is 0.628. The largest absolute Gasteiger partial charge is 0.321 e. The van der Waals surface area contributed by atoms with Crippen LogP contribution in [0, 0.1) is 5.82 Å². The molecule has 0 fully saturated rings. The first-order chi connectivity index (χ1) is 14.5. The molecule has 0 saturated heterocycles. The summed E-state index contributed by atoms with van der Waals surface area (Å²) in [5, 5.41) is 1.08. The minimum Gasteiger partial charge on any atom is -0.321 e. The number of halogens is 2. The number of H-pyrrole nitrogens is 2. The summed E-state index contributed by atoms with van der Waals surface area (Å²) >= 11 is 6.43. The fraction of sp³-hybridized carbons (Fsp3) is 0. The predicted molar refractivity (Wildman–Crippen MR) is 114 cm³/mol. The maximum Gasteiger partial charge on any atom is 0.249 e. The van der Waals surface area contributed by atoms with Crippen LogP contribution in [0.3, 0.4) is 0 Å². The molecule has 0 aliphatic heterocycles. The summed E-state index contributed by atoms with van der Waals surface area (Å²) in [6.45, 7) is 0. The van der Waals surface area contributed by atoms with Gasteiger partial charge in [-0.15, -0.1) is 0 Å². The zero-order valence-electron chi connectivity index (χ0n) is 15.2. The van der Waals surface area contributed by atoms with Crippen LogP contribution in [0.1, 0.15) is 0 Å². The van der Waals surface area contributed by atoms with E-state index in [1.165, 1.54) is 24.3 Å². The van der Waals surface area contributed by atoms with Gasteiger partial charge < -0.3 is 9.97 Å². The van der Waals surface area contributed by atoms with Crippen molar-refractivity contribution < 1.29 is 4.39 Å². The highest BCUT2D eigenvalue weighted by atomic mass is 35.5. The Morgan fingerprint density at radius 1 is 0.767 bits per heavy atom. The highest BCUT2D eigenvalue weighted by Gasteiger charge is 2.16. The molecule has 0 amide bonds. The normalized spacial score (nSPS) is 11.3. The molecular formula is C22H12ClFN4O2. The van der Waals surface area contributed by atoms with E-state index in [1.54, 1.807) is 30.3 Å². The molecule has 0 unspecified atom stereocenters. The molecule has 0 spiro atoms. The third-order valence-electron chi connectivity index (χ3n) is 4.73. The van der Waals surface area contributed by atoms with Crippen molar-refractivity contribution in [3.05, 3.63) is 92.2 Å². The minimum atomic E-state index is -0.375. The van der Waals surface area contributed by atoms with Gasteiger partial charge in [0.1, 0.15) is 11.3 Å². The maximum atomic E-state index is 13.5. The summed E-state index contributed by atoms with van der Waals surface area (Å²) in [5.74, 6) is -0.375. The summed E-state index contributed by atoms with van der Waals surface area (Å²) in [5.41, 5.74) is 3.05. The predicted octanol–water partition coefficient (Wildman–Crippen LogP) is 4.29. The third-order valence-corrected chi connectivity index (χ3v) is 5.03. The highest BCUT2D eigenvalue weighted by molar-refractivity contribution is 6.35. The van der Waals surface area contributed by atoms with E-state index < -0.39 is 0 Å². The first kappa shape index (κ1) is 18.2. The highest BCUT2D eigenvalue weighted by Crippen LogP contribution is 2.34. The van der Waals surface area contributed by atoms with Crippen molar-refractivity contribution in [1.29, 1.82) is 0 Å². The van der Waals surface area contributed by atoms with Crippen molar-refractivity contribution in [3.8, 4) is 22.5 Å². The van der Waals surface area contributed by atoms with E-state index in [9.17, 15) is 14.0 Å². The number of nitrogens with one attached hydrogen (secondary N) is 2. The minimum absolute atomic E-state index is 0.251. The average molecular weight is 419 g/mol. The topological polar surface area (TPSA) is 91.5 Å². The number of rotatable bonds is 2. The number of benzene rings is 2. The van der Waals surface area contributed by atoms with E-state index in [0.29, 0.717) is 44.2 Å². The second kappa shape index (κ2) is 6.89. The Morgan fingerprint density at radius 2 is 1.47 bits per heavy atom. The van der Waals surface area contributed by atoms with Crippen LogP contribution in [0.15, 0.2) is 70.3 Å². The Morgan fingerprint density at radius 3 is 2.27 bits per heavy atom. The zero-order chi connectivity index (χ0) is 20.8. The lowest BCUT2D eigenvalue weighted by Gasteiger charge is -2.12. The number of aromatic nitrogens is 4. The van der Waals surface area contributed by atoms with Crippen LogP contribution in [0.5, 0.6) is 0 Å². The lowest BCUT2D eigenvalue weighted by Crippen LogP contribution is -2.06. The summed E-state index contributed by atoms with van der Waals surface area (Å²) in [6.07, 6.45) is 0. The molecule has 0 saturated carbocycles. The van der Waals surface area contributed by atoms with Crippen LogP contribution in [0.2, 0.25) is 5.02 Å². The van der Waals surface area contributed by atoms with Gasteiger partial charge in [-0.2, -0.15) is 0 Å². The molecule has 0 radical (unpaired) electrons. The van der Waals surface area contributed by atoms with Gasteiger partial charge in [-0.3, -0.25) is 9.59 Å². The first-order valence-electron chi connectivity index (χ1n) is 8.98. The van der Waals surface area contributed by atoms with E-state index in [1.807, 2.05) is 6.07 Å². The third kappa shape index (κ3) is 3.15. The van der Waals surface area contributed by atoms with E-state index in [2.05, 4.69) is 15.0 Å². The van der Waals surface area contributed by atoms with Crippen LogP contribution >= 0.6 is 11.6 Å². The van der Waals surface area contributed by atoms with E-state index >= 15 is 0 Å². The Bertz CT molecular complexity index is 1560. The van der Waals surface area contributed by atoms with E-state index in [4.69, 9.17) is 16.6 Å². The zero-order valence-corrected chi connectivity index (χ0v) is 16.0. The second-order valence-corrected chi connectivity index (χ2v) is 7.14. The lowest BCUT2D eigenvalue weighted by atomic mass is 10.0. The molecule has 0 bridgehead atoms. The average Bonchev–Trinajstić information content (AvgIpc) is 2.74. The molecular weight excluding hydrogens is 407 g/mol. The van der Waals surface area contributed by atoms with Gasteiger partial charge in [0.15, 0.2) is 5.65 Å². The van der Waals surface area contributed by atoms with Crippen LogP contribution < -0.4 is 11.1 Å². The summed E-state index contributed by atoms with van der Waals surface area (Å²) in [4.78, 5) is 38.0. The van der Waals surface area contributed by atoms with Crippen LogP contribution in [0.4, 0.5) is 4.39 Å². The Balaban J connectivity index is 1.84. The Kier molecular flexibility index (Phi) is 4.18. The number of hydrogen-bond acceptors (Lipinski definition) is 4. The molecule has 2 aromatic carbocycles. The van der Waals surface area contributed by atoms with Gasteiger partial charge in [0.2, 0.25) is 11.1 Å². The van der Waals surface area contributed by atoms with Crippen LogP contribution in [-0.4, -0.2) is 19.9 Å². The van der Waals surface area contributed by atoms with Gasteiger partial charge in [0.05, 0.1) is 21.9 Å². The van der Waals surface area contributed by atoms with E-state index in [-0.39, 0.29) is 16.9 Å². The van der Waals surface area contributed by atoms with Crippen molar-refractivity contribution in [3.63, 3.8) is 0 Å². The van der Waals surface area contributed by atoms with Gasteiger partial charge in [-0.05, 0) is 48.5 Å². The molecule has 5 rings (SSSR count). The van der Waals surface area contributed by atoms with Crippen molar-refractivity contribution in [2.24, 2.45) is 0 Å². The molecule has 3 aromatic heterocycles. The smallest absolute Gasteiger partial charge is 0.249 e. The van der Waals surface area contributed by atoms with Crippen LogP contribution in [-0.2, 0) is 0 Å². The van der Waals surface area contributed by atoms with E-state index in [0.717, 1.165) is 5.39 Å². The molecule has 0 aliphatic carbocycles. The molecule has 5 aromatic rings. The van der Waals surface area contributed by atoms with Crippen molar-refractivity contribution in [2.45, 2.75) is 0 Å². The van der Waals surface area contributed by atoms with Gasteiger partial charge in [-0.1, -0.05) is 11.6 Å². The second-order valence-electron chi connectivity index (χ2n) is 6.73. The molecule has 146 valence electrons. The van der Waals surface area contributed by atoms with Gasteiger partial charge in [-0.25, -0.2) is 14.4 Å². The monoisotopic (exact) mass is 418 g/mol. The first-order valence-corrected chi connectivity index (χ1v) is 9.36. The maximum absolute atomic E-state index is 13.5. The molecule has 0 atom stereocenters. The van der Waals surface area contributed by atoms with Gasteiger partial charge >= 0.3 is 0 Å². The molecule has 2 N–H and O–H groups in total. The fourth-order valence-corrected chi connectivity index (χ4v) is 3.61. The van der Waals surface area contributed by atoms with Crippen molar-refractivity contribution in [1.82, 2.24) is 19.9 Å². The number of fused-ring (bicyclic) bond motifs is 2. The number of hydrogen-bond donors (Lipinski definition) is 2. The Labute approximate surface area is 173 Å². The SMILES string of the molecule is O=c1ccc2nc(-c3cc(Cl)c4[nH]c(=O)ccc4c3)c(-c3ccc(F)cc3)nc2[nH]1. The molecule has 30 heavy (non-hydrogen) atoms. The van der Waals surface area contributed by atoms with Crippen molar-refractivity contribution >= 4 is 33.7 Å². The molecule has 8 heteroatoms.